The fourth-order valence-electron chi connectivity index (χ4n) is 1.29. The van der Waals surface area contributed by atoms with Gasteiger partial charge in [-0.3, -0.25) is 5.10 Å². The number of pyridine rings is 1. The predicted molar refractivity (Wildman–Crippen MR) is 62.6 cm³/mol. The molecule has 0 radical (unpaired) electrons. The molecule has 2 aromatic heterocycles. The Morgan fingerprint density at radius 2 is 2.33 bits per heavy atom. The van der Waals surface area contributed by atoms with Gasteiger partial charge in [-0.15, -0.1) is 0 Å². The van der Waals surface area contributed by atoms with Crippen LogP contribution in [0.25, 0.3) is 0 Å². The van der Waals surface area contributed by atoms with E-state index in [0.29, 0.717) is 0 Å². The zero-order valence-electron chi connectivity index (χ0n) is 8.29. The van der Waals surface area contributed by atoms with Gasteiger partial charge in [-0.25, -0.2) is 4.98 Å². The Bertz CT molecular complexity index is 439. The summed E-state index contributed by atoms with van der Waals surface area (Å²) in [5, 5.41) is 9.90. The van der Waals surface area contributed by atoms with Crippen LogP contribution < -0.4 is 5.32 Å². The Balaban J connectivity index is 2.05. The molecule has 0 aliphatic carbocycles. The van der Waals surface area contributed by atoms with Crippen molar-refractivity contribution in [1.29, 1.82) is 0 Å². The third-order valence-electron chi connectivity index (χ3n) is 2.06. The van der Waals surface area contributed by atoms with Crippen LogP contribution in [0.5, 0.6) is 0 Å². The van der Waals surface area contributed by atoms with Gasteiger partial charge < -0.3 is 5.32 Å². The largest absolute Gasteiger partial charge is 0.366 e. The standard InChI is InChI=1S/C10H11BrN4/c1-7-2-9(11)6-13-10(7)12-3-8-4-14-15-5-8/h2,4-6H,3H2,1H3,(H,12,13)(H,14,15). The summed E-state index contributed by atoms with van der Waals surface area (Å²) in [6, 6.07) is 2.03. The fraction of sp³-hybridized carbons (Fsp3) is 0.200. The number of halogens is 1. The molecule has 2 N–H and O–H groups in total. The number of aryl methyl sites for hydroxylation is 1. The first-order chi connectivity index (χ1) is 7.25. The monoisotopic (exact) mass is 266 g/mol. The zero-order chi connectivity index (χ0) is 10.7. The lowest BCUT2D eigenvalue weighted by Crippen LogP contribution is -2.02. The van der Waals surface area contributed by atoms with E-state index in [1.165, 1.54) is 0 Å². The summed E-state index contributed by atoms with van der Waals surface area (Å²) in [6.07, 6.45) is 5.44. The van der Waals surface area contributed by atoms with E-state index in [-0.39, 0.29) is 0 Å². The van der Waals surface area contributed by atoms with Crippen LogP contribution in [0.3, 0.4) is 0 Å². The van der Waals surface area contributed by atoms with Crippen LogP contribution in [0.15, 0.2) is 29.1 Å². The van der Waals surface area contributed by atoms with Crippen molar-refractivity contribution in [3.05, 3.63) is 40.3 Å². The molecular weight excluding hydrogens is 256 g/mol. The molecular formula is C10H11BrN4. The van der Waals surface area contributed by atoms with E-state index in [1.807, 2.05) is 19.2 Å². The van der Waals surface area contributed by atoms with E-state index in [2.05, 4.69) is 36.4 Å². The van der Waals surface area contributed by atoms with Crippen LogP contribution in [0.2, 0.25) is 0 Å². The lowest BCUT2D eigenvalue weighted by molar-refractivity contribution is 1.09. The lowest BCUT2D eigenvalue weighted by atomic mass is 10.3. The van der Waals surface area contributed by atoms with Crippen LogP contribution in [0.4, 0.5) is 5.82 Å². The molecule has 0 aliphatic rings. The smallest absolute Gasteiger partial charge is 0.129 e. The quantitative estimate of drug-likeness (QED) is 0.898. The number of hydrogen-bond acceptors (Lipinski definition) is 3. The Kier molecular flexibility index (Phi) is 3.01. The maximum absolute atomic E-state index is 4.29. The van der Waals surface area contributed by atoms with Crippen LogP contribution >= 0.6 is 15.9 Å². The minimum absolute atomic E-state index is 0.728. The van der Waals surface area contributed by atoms with Gasteiger partial charge in [-0.2, -0.15) is 5.10 Å². The molecule has 78 valence electrons. The van der Waals surface area contributed by atoms with Gasteiger partial charge in [0.05, 0.1) is 6.20 Å². The molecule has 0 aliphatic heterocycles. The molecule has 0 spiro atoms. The summed E-state index contributed by atoms with van der Waals surface area (Å²) in [5.41, 5.74) is 2.23. The average Bonchev–Trinajstić information content (AvgIpc) is 2.69. The Morgan fingerprint density at radius 1 is 1.47 bits per heavy atom. The molecule has 2 aromatic rings. The van der Waals surface area contributed by atoms with Gasteiger partial charge in [0, 0.05) is 29.0 Å². The summed E-state index contributed by atoms with van der Waals surface area (Å²) in [6.45, 7) is 2.75. The molecule has 5 heteroatoms. The second-order valence-corrected chi connectivity index (χ2v) is 4.19. The second kappa shape index (κ2) is 4.44. The van der Waals surface area contributed by atoms with Crippen molar-refractivity contribution in [3.63, 3.8) is 0 Å². The number of H-pyrrole nitrogens is 1. The highest BCUT2D eigenvalue weighted by Gasteiger charge is 2.00. The molecule has 0 saturated heterocycles. The van der Waals surface area contributed by atoms with Gasteiger partial charge in [0.25, 0.3) is 0 Å². The van der Waals surface area contributed by atoms with E-state index in [4.69, 9.17) is 0 Å². The summed E-state index contributed by atoms with van der Waals surface area (Å²) in [5.74, 6) is 0.902. The van der Waals surface area contributed by atoms with Gasteiger partial charge >= 0.3 is 0 Å². The topological polar surface area (TPSA) is 53.6 Å². The Labute approximate surface area is 96.3 Å². The normalized spacial score (nSPS) is 10.3. The van der Waals surface area contributed by atoms with Gasteiger partial charge in [-0.1, -0.05) is 0 Å². The highest BCUT2D eigenvalue weighted by atomic mass is 79.9. The third kappa shape index (κ3) is 2.56. The molecule has 0 aromatic carbocycles. The van der Waals surface area contributed by atoms with E-state index in [9.17, 15) is 0 Å². The molecule has 4 nitrogen and oxygen atoms in total. The minimum Gasteiger partial charge on any atom is -0.366 e. The van der Waals surface area contributed by atoms with Crippen molar-refractivity contribution < 1.29 is 0 Å². The maximum Gasteiger partial charge on any atom is 0.129 e. The summed E-state index contributed by atoms with van der Waals surface area (Å²) < 4.78 is 0.994. The van der Waals surface area contributed by atoms with Crippen molar-refractivity contribution in [1.82, 2.24) is 15.2 Å². The van der Waals surface area contributed by atoms with Gasteiger partial charge in [0.15, 0.2) is 0 Å². The molecule has 2 heterocycles. The van der Waals surface area contributed by atoms with Crippen LogP contribution in [0.1, 0.15) is 11.1 Å². The van der Waals surface area contributed by atoms with Crippen LogP contribution in [-0.2, 0) is 6.54 Å². The van der Waals surface area contributed by atoms with Crippen molar-refractivity contribution in [3.8, 4) is 0 Å². The SMILES string of the molecule is Cc1cc(Br)cnc1NCc1cn[nH]c1. The summed E-state index contributed by atoms with van der Waals surface area (Å²) in [7, 11) is 0. The predicted octanol–water partition coefficient (Wildman–Crippen LogP) is 2.49. The molecule has 0 amide bonds. The number of aromatic nitrogens is 3. The molecule has 2 rings (SSSR count). The number of rotatable bonds is 3. The first kappa shape index (κ1) is 10.2. The van der Waals surface area contributed by atoms with Gasteiger partial charge in [-0.05, 0) is 34.5 Å². The molecule has 0 bridgehead atoms. The Morgan fingerprint density at radius 3 is 3.00 bits per heavy atom. The zero-order valence-corrected chi connectivity index (χ0v) is 9.87. The van der Waals surface area contributed by atoms with Crippen molar-refractivity contribution in [2.45, 2.75) is 13.5 Å². The molecule has 0 atom stereocenters. The summed E-state index contributed by atoms with van der Waals surface area (Å²) >= 11 is 3.38. The first-order valence-electron chi connectivity index (χ1n) is 4.59. The highest BCUT2D eigenvalue weighted by molar-refractivity contribution is 9.10. The third-order valence-corrected chi connectivity index (χ3v) is 2.49. The second-order valence-electron chi connectivity index (χ2n) is 3.28. The van der Waals surface area contributed by atoms with Crippen LogP contribution in [0, 0.1) is 6.92 Å². The van der Waals surface area contributed by atoms with Crippen molar-refractivity contribution >= 4 is 21.7 Å². The van der Waals surface area contributed by atoms with Gasteiger partial charge in [0.2, 0.25) is 0 Å². The van der Waals surface area contributed by atoms with E-state index in [1.54, 1.807) is 12.4 Å². The first-order valence-corrected chi connectivity index (χ1v) is 5.38. The Hall–Kier alpha value is -1.36. The van der Waals surface area contributed by atoms with E-state index in [0.717, 1.165) is 28.0 Å². The molecule has 0 saturated carbocycles. The highest BCUT2D eigenvalue weighted by Crippen LogP contribution is 2.17. The fourth-order valence-corrected chi connectivity index (χ4v) is 1.73. The summed E-state index contributed by atoms with van der Waals surface area (Å²) in [4.78, 5) is 4.29. The number of nitrogens with one attached hydrogen (secondary N) is 2. The molecule has 0 unspecified atom stereocenters. The van der Waals surface area contributed by atoms with E-state index >= 15 is 0 Å². The molecule has 0 fully saturated rings. The van der Waals surface area contributed by atoms with Crippen molar-refractivity contribution in [2.24, 2.45) is 0 Å². The lowest BCUT2D eigenvalue weighted by Gasteiger charge is -2.06. The number of hydrogen-bond donors (Lipinski definition) is 2. The van der Waals surface area contributed by atoms with Gasteiger partial charge in [0.1, 0.15) is 5.82 Å². The van der Waals surface area contributed by atoms with Crippen LogP contribution in [-0.4, -0.2) is 15.2 Å². The maximum atomic E-state index is 4.29. The van der Waals surface area contributed by atoms with E-state index < -0.39 is 0 Å². The number of nitrogens with zero attached hydrogens (tertiary/aromatic N) is 2. The van der Waals surface area contributed by atoms with Crippen molar-refractivity contribution in [2.75, 3.05) is 5.32 Å². The number of anilines is 1. The molecule has 15 heavy (non-hydrogen) atoms. The average molecular weight is 267 g/mol. The minimum atomic E-state index is 0.728. The number of aromatic amines is 1.